The summed E-state index contributed by atoms with van der Waals surface area (Å²) in [4.78, 5) is 9.65. The quantitative estimate of drug-likeness (QED) is 0.678. The normalized spacial score (nSPS) is 28.3. The third-order valence-electron chi connectivity index (χ3n) is 2.29. The summed E-state index contributed by atoms with van der Waals surface area (Å²) in [5.74, 6) is -0.423. The lowest BCUT2D eigenvalue weighted by atomic mass is 10.2. The first-order valence-electron chi connectivity index (χ1n) is 4.80. The largest absolute Gasteiger partial charge is 0.368 e. The second-order valence-electron chi connectivity index (χ2n) is 3.44. The van der Waals surface area contributed by atoms with Gasteiger partial charge in [-0.3, -0.25) is 4.57 Å². The third-order valence-corrected chi connectivity index (χ3v) is 4.55. The highest BCUT2D eigenvalue weighted by Crippen LogP contribution is 2.50. The van der Waals surface area contributed by atoms with Gasteiger partial charge in [0.25, 0.3) is 0 Å². The molecule has 0 bridgehead atoms. The maximum atomic E-state index is 11.7. The van der Waals surface area contributed by atoms with Crippen LogP contribution >= 0.6 is 7.37 Å². The highest BCUT2D eigenvalue weighted by molar-refractivity contribution is 7.58. The molecule has 1 heterocycles. The molecule has 0 amide bonds. The van der Waals surface area contributed by atoms with Crippen molar-refractivity contribution >= 4 is 7.37 Å². The maximum absolute atomic E-state index is 11.7. The van der Waals surface area contributed by atoms with E-state index in [1.165, 1.54) is 0 Å². The molecule has 0 aromatic carbocycles. The van der Waals surface area contributed by atoms with Crippen molar-refractivity contribution in [2.45, 2.75) is 31.5 Å². The minimum Gasteiger partial charge on any atom is -0.368 e. The molecule has 1 fully saturated rings. The van der Waals surface area contributed by atoms with Gasteiger partial charge < -0.3 is 15.4 Å². The van der Waals surface area contributed by atoms with Gasteiger partial charge in [0.15, 0.2) is 0 Å². The smallest absolute Gasteiger partial charge is 0.228 e. The molecule has 1 rings (SSSR count). The molecule has 1 saturated heterocycles. The summed E-state index contributed by atoms with van der Waals surface area (Å²) in [7, 11) is -3.09. The van der Waals surface area contributed by atoms with E-state index >= 15 is 0 Å². The number of nitrogens with two attached hydrogens (primary N) is 1. The average Bonchev–Trinajstić information content (AvgIpc) is 2.16. The summed E-state index contributed by atoms with van der Waals surface area (Å²) in [6.45, 7) is 1.09. The molecule has 1 unspecified atom stereocenters. The number of hydrogen-bond donors (Lipinski definition) is 2. The van der Waals surface area contributed by atoms with Gasteiger partial charge in [0, 0.05) is 12.8 Å². The molecule has 0 saturated carbocycles. The van der Waals surface area contributed by atoms with Crippen LogP contribution in [-0.2, 0) is 9.30 Å². The Balaban J connectivity index is 2.41. The molecule has 0 aliphatic carbocycles. The number of hydrogen-bond acceptors (Lipinski definition) is 3. The second-order valence-corrected chi connectivity index (χ2v) is 5.98. The molecule has 0 aromatic rings. The van der Waals surface area contributed by atoms with Crippen LogP contribution in [0.5, 0.6) is 0 Å². The van der Waals surface area contributed by atoms with Crippen LogP contribution in [0.3, 0.4) is 0 Å². The van der Waals surface area contributed by atoms with E-state index in [1.807, 2.05) is 0 Å². The van der Waals surface area contributed by atoms with Gasteiger partial charge >= 0.3 is 0 Å². The van der Waals surface area contributed by atoms with E-state index in [9.17, 15) is 9.46 Å². The standard InChI is InChI=1S/C8H18NO3P/c9-5-3-7-13(10,11)8-4-1-2-6-12-8/h8H,1-7,9H2,(H,10,11)/t8-/m0/s1. The zero-order chi connectivity index (χ0) is 9.73. The van der Waals surface area contributed by atoms with Gasteiger partial charge in [-0.05, 0) is 32.2 Å². The van der Waals surface area contributed by atoms with Crippen molar-refractivity contribution in [3.8, 4) is 0 Å². The molecule has 3 N–H and O–H groups in total. The third kappa shape index (κ3) is 3.39. The van der Waals surface area contributed by atoms with Crippen LogP contribution in [0.1, 0.15) is 25.7 Å². The summed E-state index contributed by atoms with van der Waals surface area (Å²) in [5.41, 5.74) is 5.29. The van der Waals surface area contributed by atoms with Gasteiger partial charge in [-0.15, -0.1) is 0 Å². The van der Waals surface area contributed by atoms with Crippen LogP contribution in [0.25, 0.3) is 0 Å². The van der Waals surface area contributed by atoms with Crippen LogP contribution in [-0.4, -0.2) is 30.1 Å². The van der Waals surface area contributed by atoms with Gasteiger partial charge in [-0.1, -0.05) is 0 Å². The van der Waals surface area contributed by atoms with Crippen molar-refractivity contribution in [3.05, 3.63) is 0 Å². The minimum atomic E-state index is -3.09. The Kier molecular flexibility index (Phi) is 4.39. The average molecular weight is 207 g/mol. The summed E-state index contributed by atoms with van der Waals surface area (Å²) >= 11 is 0. The highest BCUT2D eigenvalue weighted by atomic mass is 31.2. The zero-order valence-electron chi connectivity index (χ0n) is 7.82. The topological polar surface area (TPSA) is 72.6 Å². The van der Waals surface area contributed by atoms with E-state index in [-0.39, 0.29) is 0 Å². The lowest BCUT2D eigenvalue weighted by molar-refractivity contribution is 0.0583. The van der Waals surface area contributed by atoms with E-state index in [0.717, 1.165) is 19.3 Å². The first-order chi connectivity index (χ1) is 6.17. The fraction of sp³-hybridized carbons (Fsp3) is 1.00. The maximum Gasteiger partial charge on any atom is 0.228 e. The van der Waals surface area contributed by atoms with Gasteiger partial charge in [-0.2, -0.15) is 0 Å². The fourth-order valence-electron chi connectivity index (χ4n) is 1.50. The van der Waals surface area contributed by atoms with E-state index in [2.05, 4.69) is 0 Å². The summed E-state index contributed by atoms with van der Waals surface area (Å²) in [6.07, 6.45) is 3.63. The summed E-state index contributed by atoms with van der Waals surface area (Å²) < 4.78 is 17.0. The molecule has 13 heavy (non-hydrogen) atoms. The van der Waals surface area contributed by atoms with Gasteiger partial charge in [0.1, 0.15) is 5.85 Å². The van der Waals surface area contributed by atoms with Crippen molar-refractivity contribution in [2.75, 3.05) is 19.3 Å². The van der Waals surface area contributed by atoms with Crippen molar-refractivity contribution in [3.63, 3.8) is 0 Å². The lowest BCUT2D eigenvalue weighted by Crippen LogP contribution is -2.21. The molecule has 1 aliphatic rings. The Morgan fingerprint density at radius 1 is 1.54 bits per heavy atom. The Labute approximate surface area is 78.9 Å². The Bertz CT molecular complexity index is 192. The first-order valence-corrected chi connectivity index (χ1v) is 6.71. The van der Waals surface area contributed by atoms with Crippen LogP contribution in [0, 0.1) is 0 Å². The summed E-state index contributed by atoms with van der Waals surface area (Å²) in [6, 6.07) is 0. The molecular formula is C8H18NO3P. The fourth-order valence-corrected chi connectivity index (χ4v) is 3.35. The Hall–Kier alpha value is 0.110. The predicted octanol–water partition coefficient (Wildman–Crippen LogP) is 1.13. The van der Waals surface area contributed by atoms with Gasteiger partial charge in [-0.25, -0.2) is 0 Å². The van der Waals surface area contributed by atoms with Crippen LogP contribution in [0.15, 0.2) is 0 Å². The second kappa shape index (κ2) is 5.11. The lowest BCUT2D eigenvalue weighted by Gasteiger charge is -2.26. The molecule has 4 nitrogen and oxygen atoms in total. The van der Waals surface area contributed by atoms with Crippen molar-refractivity contribution in [2.24, 2.45) is 5.73 Å². The number of ether oxygens (including phenoxy) is 1. The van der Waals surface area contributed by atoms with E-state index in [4.69, 9.17) is 10.5 Å². The molecule has 0 aromatic heterocycles. The summed E-state index contributed by atoms with van der Waals surface area (Å²) in [5, 5.41) is 0. The van der Waals surface area contributed by atoms with Crippen LogP contribution < -0.4 is 5.73 Å². The predicted molar refractivity (Wildman–Crippen MR) is 52.0 cm³/mol. The molecule has 1 aliphatic heterocycles. The molecule has 2 atom stereocenters. The van der Waals surface area contributed by atoms with Crippen molar-refractivity contribution < 1.29 is 14.2 Å². The Morgan fingerprint density at radius 2 is 2.31 bits per heavy atom. The molecule has 0 spiro atoms. The van der Waals surface area contributed by atoms with Crippen LogP contribution in [0.4, 0.5) is 0 Å². The Morgan fingerprint density at radius 3 is 2.85 bits per heavy atom. The van der Waals surface area contributed by atoms with Crippen molar-refractivity contribution in [1.82, 2.24) is 0 Å². The molecule has 0 radical (unpaired) electrons. The molecule has 5 heteroatoms. The molecule has 78 valence electrons. The first kappa shape index (κ1) is 11.2. The molecular weight excluding hydrogens is 189 g/mol. The SMILES string of the molecule is NCCCP(=O)(O)[C@H]1CCCCO1. The number of rotatable bonds is 4. The van der Waals surface area contributed by atoms with Gasteiger partial charge in [0.05, 0.1) is 0 Å². The van der Waals surface area contributed by atoms with Crippen molar-refractivity contribution in [1.29, 1.82) is 0 Å². The zero-order valence-corrected chi connectivity index (χ0v) is 8.71. The van der Waals surface area contributed by atoms with E-state index < -0.39 is 13.2 Å². The highest BCUT2D eigenvalue weighted by Gasteiger charge is 2.32. The van der Waals surface area contributed by atoms with E-state index in [0.29, 0.717) is 25.7 Å². The van der Waals surface area contributed by atoms with Gasteiger partial charge in [0.2, 0.25) is 7.37 Å². The minimum absolute atomic E-state index is 0.300. The van der Waals surface area contributed by atoms with Crippen LogP contribution in [0.2, 0.25) is 0 Å². The monoisotopic (exact) mass is 207 g/mol. The van der Waals surface area contributed by atoms with E-state index in [1.54, 1.807) is 0 Å².